The van der Waals surface area contributed by atoms with E-state index in [2.05, 4.69) is 0 Å². The van der Waals surface area contributed by atoms with Gasteiger partial charge in [-0.2, -0.15) is 0 Å². The molecule has 0 spiro atoms. The van der Waals surface area contributed by atoms with Crippen molar-refractivity contribution in [3.8, 4) is 0 Å². The van der Waals surface area contributed by atoms with Crippen LogP contribution in [0.25, 0.3) is 0 Å². The fourth-order valence-electron chi connectivity index (χ4n) is 0.450. The summed E-state index contributed by atoms with van der Waals surface area (Å²) in [4.78, 5) is 21.0. The van der Waals surface area contributed by atoms with Crippen LogP contribution in [0.4, 0.5) is 0 Å². The zero-order valence-electron chi connectivity index (χ0n) is 6.47. The molecule has 0 bridgehead atoms. The van der Waals surface area contributed by atoms with Crippen LogP contribution in [0.2, 0.25) is 0 Å². The topological polar surface area (TPSA) is 54.4 Å². The summed E-state index contributed by atoms with van der Waals surface area (Å²) < 4.78 is 0. The summed E-state index contributed by atoms with van der Waals surface area (Å²) in [5.74, 6) is -2.05. The summed E-state index contributed by atoms with van der Waals surface area (Å²) in [7, 11) is 0. The summed E-state index contributed by atoms with van der Waals surface area (Å²) in [6, 6.07) is 0. The molecule has 0 aromatic carbocycles. The SMILES string of the molecule is CCC(C)(C)C(=O)C(=O)O.[NaH]. The van der Waals surface area contributed by atoms with Gasteiger partial charge >= 0.3 is 35.5 Å². The summed E-state index contributed by atoms with van der Waals surface area (Å²) in [6.07, 6.45) is 0.554. The zero-order valence-corrected chi connectivity index (χ0v) is 6.47. The molecule has 0 amide bonds. The van der Waals surface area contributed by atoms with E-state index in [9.17, 15) is 9.59 Å². The third-order valence-electron chi connectivity index (χ3n) is 1.69. The normalized spacial score (nSPS) is 10.1. The Hall–Kier alpha value is 0.140. The Morgan fingerprint density at radius 2 is 1.73 bits per heavy atom. The predicted octanol–water partition coefficient (Wildman–Crippen LogP) is 0.428. The minimum atomic E-state index is -1.34. The fraction of sp³-hybridized carbons (Fsp3) is 0.714. The average Bonchev–Trinajstić information content (AvgIpc) is 1.86. The summed E-state index contributed by atoms with van der Waals surface area (Å²) in [5.41, 5.74) is -0.716. The van der Waals surface area contributed by atoms with Crippen molar-refractivity contribution in [1.82, 2.24) is 0 Å². The third kappa shape index (κ3) is 3.89. The van der Waals surface area contributed by atoms with Gasteiger partial charge in [0.25, 0.3) is 0 Å². The Kier molecular flexibility index (Phi) is 6.12. The third-order valence-corrected chi connectivity index (χ3v) is 1.69. The Balaban J connectivity index is 0. The van der Waals surface area contributed by atoms with Gasteiger partial charge in [-0.3, -0.25) is 4.79 Å². The van der Waals surface area contributed by atoms with E-state index >= 15 is 0 Å². The molecule has 11 heavy (non-hydrogen) atoms. The molecule has 0 aliphatic carbocycles. The van der Waals surface area contributed by atoms with Crippen LogP contribution in [0, 0.1) is 5.41 Å². The molecule has 0 radical (unpaired) electrons. The summed E-state index contributed by atoms with van der Waals surface area (Å²) >= 11 is 0. The van der Waals surface area contributed by atoms with Crippen molar-refractivity contribution < 1.29 is 14.7 Å². The molecule has 0 aromatic rings. The molecule has 0 aromatic heterocycles. The van der Waals surface area contributed by atoms with Crippen molar-refractivity contribution in [2.45, 2.75) is 27.2 Å². The maximum absolute atomic E-state index is 10.8. The number of aliphatic carboxylic acids is 1. The average molecular weight is 168 g/mol. The van der Waals surface area contributed by atoms with Gasteiger partial charge in [-0.25, -0.2) is 4.79 Å². The Labute approximate surface area is 88.5 Å². The van der Waals surface area contributed by atoms with E-state index in [0.717, 1.165) is 0 Å². The number of carboxylic acid groups (broad SMARTS) is 1. The molecular weight excluding hydrogens is 155 g/mol. The molecule has 0 unspecified atom stereocenters. The number of carbonyl (C=O) groups excluding carboxylic acids is 1. The number of rotatable bonds is 3. The number of carboxylic acids is 1. The predicted molar refractivity (Wildman–Crippen MR) is 43.9 cm³/mol. The number of Topliss-reactive ketones (excluding diaryl/α,β-unsaturated/α-hetero) is 1. The molecule has 0 rings (SSSR count). The first-order valence-electron chi connectivity index (χ1n) is 3.19. The minimum absolute atomic E-state index is 0. The fourth-order valence-corrected chi connectivity index (χ4v) is 0.450. The van der Waals surface area contributed by atoms with Gasteiger partial charge in [0, 0.05) is 5.41 Å². The molecule has 0 saturated carbocycles. The van der Waals surface area contributed by atoms with Gasteiger partial charge in [-0.15, -0.1) is 0 Å². The van der Waals surface area contributed by atoms with Gasteiger partial charge < -0.3 is 5.11 Å². The van der Waals surface area contributed by atoms with Crippen molar-refractivity contribution in [3.63, 3.8) is 0 Å². The molecule has 0 saturated heterocycles. The van der Waals surface area contributed by atoms with Crippen molar-refractivity contribution in [1.29, 1.82) is 0 Å². The van der Waals surface area contributed by atoms with E-state index in [-0.39, 0.29) is 29.6 Å². The molecular formula is C7H13NaO3. The van der Waals surface area contributed by atoms with Crippen LogP contribution in [-0.2, 0) is 9.59 Å². The zero-order chi connectivity index (χ0) is 8.36. The van der Waals surface area contributed by atoms with Crippen molar-refractivity contribution in [3.05, 3.63) is 0 Å². The second-order valence-electron chi connectivity index (χ2n) is 2.87. The van der Waals surface area contributed by atoms with Gasteiger partial charge in [0.1, 0.15) is 0 Å². The summed E-state index contributed by atoms with van der Waals surface area (Å²) in [6.45, 7) is 5.05. The molecule has 1 N–H and O–H groups in total. The van der Waals surface area contributed by atoms with E-state index in [0.29, 0.717) is 6.42 Å². The molecule has 0 heterocycles. The molecule has 0 fully saturated rings. The first kappa shape index (κ1) is 13.7. The van der Waals surface area contributed by atoms with Crippen LogP contribution < -0.4 is 0 Å². The number of ketones is 1. The Morgan fingerprint density at radius 3 is 1.82 bits per heavy atom. The molecule has 4 heteroatoms. The van der Waals surface area contributed by atoms with Gasteiger partial charge in [0.05, 0.1) is 0 Å². The van der Waals surface area contributed by atoms with E-state index in [1.807, 2.05) is 0 Å². The maximum atomic E-state index is 10.8. The van der Waals surface area contributed by atoms with Gasteiger partial charge in [-0.05, 0) is 6.42 Å². The van der Waals surface area contributed by atoms with Crippen LogP contribution >= 0.6 is 0 Å². The standard InChI is InChI=1S/C7H12O3.Na.H/c1-4-7(2,3)5(8)6(9)10;;/h4H2,1-3H3,(H,9,10);;. The van der Waals surface area contributed by atoms with E-state index in [4.69, 9.17) is 5.11 Å². The van der Waals surface area contributed by atoms with Gasteiger partial charge in [-0.1, -0.05) is 20.8 Å². The number of hydrogen-bond acceptors (Lipinski definition) is 2. The van der Waals surface area contributed by atoms with Crippen LogP contribution in [0.3, 0.4) is 0 Å². The van der Waals surface area contributed by atoms with Crippen molar-refractivity contribution in [2.75, 3.05) is 0 Å². The molecule has 0 aliphatic heterocycles. The van der Waals surface area contributed by atoms with E-state index < -0.39 is 17.2 Å². The van der Waals surface area contributed by atoms with Gasteiger partial charge in [0.2, 0.25) is 5.78 Å². The first-order chi connectivity index (χ1) is 4.41. The molecule has 0 aliphatic rings. The number of carbonyl (C=O) groups is 2. The Bertz CT molecular complexity index is 163. The first-order valence-corrected chi connectivity index (χ1v) is 3.19. The second kappa shape index (κ2) is 4.91. The van der Waals surface area contributed by atoms with E-state index in [1.165, 1.54) is 0 Å². The second-order valence-corrected chi connectivity index (χ2v) is 2.87. The Morgan fingerprint density at radius 1 is 1.36 bits per heavy atom. The van der Waals surface area contributed by atoms with Crippen LogP contribution in [0.1, 0.15) is 27.2 Å². The quantitative estimate of drug-likeness (QED) is 0.491. The molecule has 60 valence electrons. The van der Waals surface area contributed by atoms with Crippen molar-refractivity contribution in [2.24, 2.45) is 5.41 Å². The van der Waals surface area contributed by atoms with Crippen LogP contribution in [0.15, 0.2) is 0 Å². The monoisotopic (exact) mass is 168 g/mol. The van der Waals surface area contributed by atoms with Gasteiger partial charge in [0.15, 0.2) is 0 Å². The molecule has 3 nitrogen and oxygen atoms in total. The van der Waals surface area contributed by atoms with Crippen LogP contribution in [-0.4, -0.2) is 46.4 Å². The van der Waals surface area contributed by atoms with Crippen LogP contribution in [0.5, 0.6) is 0 Å². The van der Waals surface area contributed by atoms with E-state index in [1.54, 1.807) is 20.8 Å². The van der Waals surface area contributed by atoms with Crippen molar-refractivity contribution >= 4 is 41.3 Å². The number of hydrogen-bond donors (Lipinski definition) is 1. The molecule has 0 atom stereocenters. The summed E-state index contributed by atoms with van der Waals surface area (Å²) in [5, 5.41) is 8.30.